The van der Waals surface area contributed by atoms with Crippen LogP contribution in [0.5, 0.6) is 0 Å². The van der Waals surface area contributed by atoms with E-state index in [1.165, 1.54) is 51.4 Å². The van der Waals surface area contributed by atoms with Crippen LogP contribution in [0, 0.1) is 35.0 Å². The van der Waals surface area contributed by atoms with Crippen LogP contribution in [0.2, 0.25) is 0 Å². The Balaban J connectivity index is 1.63. The van der Waals surface area contributed by atoms with Crippen LogP contribution in [0.4, 0.5) is 0 Å². The van der Waals surface area contributed by atoms with Crippen molar-refractivity contribution in [1.82, 2.24) is 0 Å². The van der Waals surface area contributed by atoms with Gasteiger partial charge in [-0.1, -0.05) is 51.2 Å². The lowest BCUT2D eigenvalue weighted by Crippen LogP contribution is -2.44. The summed E-state index contributed by atoms with van der Waals surface area (Å²) >= 11 is 0. The van der Waals surface area contributed by atoms with Gasteiger partial charge in [-0.2, -0.15) is 0 Å². The molecule has 1 nitrogen and oxygen atoms in total. The summed E-state index contributed by atoms with van der Waals surface area (Å²) in [5, 5.41) is 11.3. The lowest BCUT2D eigenvalue weighted by Gasteiger charge is -2.52. The normalized spacial score (nSPS) is 48.4. The molecule has 1 heteroatoms. The van der Waals surface area contributed by atoms with Gasteiger partial charge < -0.3 is 5.11 Å². The van der Waals surface area contributed by atoms with E-state index in [0.29, 0.717) is 11.3 Å². The first-order valence-corrected chi connectivity index (χ1v) is 11.3. The molecule has 0 aromatic rings. The molecule has 0 aliphatic heterocycles. The van der Waals surface area contributed by atoms with Gasteiger partial charge in [0.15, 0.2) is 0 Å². The average Bonchev–Trinajstić information content (AvgIpc) is 2.93. The molecule has 4 aliphatic carbocycles. The zero-order chi connectivity index (χ0) is 17.8. The van der Waals surface area contributed by atoms with Gasteiger partial charge in [0.05, 0.1) is 5.60 Å². The van der Waals surface area contributed by atoms with E-state index >= 15 is 0 Å². The van der Waals surface area contributed by atoms with E-state index in [9.17, 15) is 5.11 Å². The number of allylic oxidation sites excluding steroid dienone is 1. The monoisotopic (exact) mass is 344 g/mol. The van der Waals surface area contributed by atoms with Crippen molar-refractivity contribution in [2.45, 2.75) is 104 Å². The molecule has 2 unspecified atom stereocenters. The largest absolute Gasteiger partial charge is 0.389 e. The SMILES string of the molecule is CC[C@@H](C)[C@]1(O)CCC2C(=C(C)C1)CC1[C@H]2CC[C@@H]2CCCC[C@]12C. The highest BCUT2D eigenvalue weighted by molar-refractivity contribution is 5.28. The summed E-state index contributed by atoms with van der Waals surface area (Å²) in [6, 6.07) is 0. The maximum atomic E-state index is 11.3. The Morgan fingerprint density at radius 3 is 2.68 bits per heavy atom. The van der Waals surface area contributed by atoms with Gasteiger partial charge in [0, 0.05) is 0 Å². The zero-order valence-electron chi connectivity index (χ0n) is 17.1. The average molecular weight is 345 g/mol. The second kappa shape index (κ2) is 6.39. The molecule has 25 heavy (non-hydrogen) atoms. The van der Waals surface area contributed by atoms with Gasteiger partial charge in [-0.15, -0.1) is 0 Å². The van der Waals surface area contributed by atoms with Gasteiger partial charge in [-0.25, -0.2) is 0 Å². The first kappa shape index (κ1) is 18.1. The highest BCUT2D eigenvalue weighted by atomic mass is 16.3. The number of hydrogen-bond acceptors (Lipinski definition) is 1. The van der Waals surface area contributed by atoms with Gasteiger partial charge in [-0.3, -0.25) is 0 Å². The predicted molar refractivity (Wildman–Crippen MR) is 105 cm³/mol. The molecule has 4 rings (SSSR count). The van der Waals surface area contributed by atoms with Crippen molar-refractivity contribution in [1.29, 1.82) is 0 Å². The van der Waals surface area contributed by atoms with Crippen molar-refractivity contribution in [3.63, 3.8) is 0 Å². The number of aliphatic hydroxyl groups is 1. The minimum Gasteiger partial charge on any atom is -0.389 e. The van der Waals surface area contributed by atoms with Crippen LogP contribution in [-0.2, 0) is 0 Å². The maximum absolute atomic E-state index is 11.3. The van der Waals surface area contributed by atoms with Crippen molar-refractivity contribution in [3.05, 3.63) is 11.1 Å². The highest BCUT2D eigenvalue weighted by Crippen LogP contribution is 2.64. The second-order valence-electron chi connectivity index (χ2n) is 10.5. The van der Waals surface area contributed by atoms with Crippen molar-refractivity contribution in [2.24, 2.45) is 35.0 Å². The Kier molecular flexibility index (Phi) is 4.63. The Hall–Kier alpha value is -0.300. The number of fused-ring (bicyclic) bond motifs is 5. The molecule has 0 heterocycles. The molecule has 0 saturated heterocycles. The van der Waals surface area contributed by atoms with E-state index in [1.807, 2.05) is 0 Å². The van der Waals surface area contributed by atoms with Crippen LogP contribution in [0.25, 0.3) is 0 Å². The van der Waals surface area contributed by atoms with Crippen molar-refractivity contribution in [2.75, 3.05) is 0 Å². The number of rotatable bonds is 2. The summed E-state index contributed by atoms with van der Waals surface area (Å²) in [4.78, 5) is 0. The Morgan fingerprint density at radius 2 is 1.92 bits per heavy atom. The Morgan fingerprint density at radius 1 is 1.12 bits per heavy atom. The molecule has 0 aromatic carbocycles. The molecule has 0 amide bonds. The molecule has 7 atom stereocenters. The lowest BCUT2D eigenvalue weighted by molar-refractivity contribution is -0.0412. The van der Waals surface area contributed by atoms with Crippen LogP contribution in [0.15, 0.2) is 11.1 Å². The maximum Gasteiger partial charge on any atom is 0.0710 e. The number of hydrogen-bond donors (Lipinski definition) is 1. The van der Waals surface area contributed by atoms with Crippen molar-refractivity contribution >= 4 is 0 Å². The predicted octanol–water partition coefficient (Wildman–Crippen LogP) is 6.51. The van der Waals surface area contributed by atoms with Gasteiger partial charge in [0.25, 0.3) is 0 Å². The summed E-state index contributed by atoms with van der Waals surface area (Å²) in [6.07, 6.45) is 14.5. The van der Waals surface area contributed by atoms with E-state index in [-0.39, 0.29) is 0 Å². The minimum atomic E-state index is -0.447. The standard InChI is InChI=1S/C24H40O/c1-5-17(3)24(25)13-11-19-20-10-9-18-8-6-7-12-23(18,4)22(20)14-21(19)16(2)15-24/h17-20,22,25H,5-15H2,1-4H3/t17-,18+,19?,20+,22?,23+,24+/m1/s1. The van der Waals surface area contributed by atoms with E-state index in [4.69, 9.17) is 0 Å². The van der Waals surface area contributed by atoms with E-state index in [1.54, 1.807) is 11.1 Å². The van der Waals surface area contributed by atoms with Crippen molar-refractivity contribution < 1.29 is 5.11 Å². The summed E-state index contributed by atoms with van der Waals surface area (Å²) in [5.41, 5.74) is 3.53. The molecule has 0 spiro atoms. The summed E-state index contributed by atoms with van der Waals surface area (Å²) < 4.78 is 0. The molecule has 0 bridgehead atoms. The quantitative estimate of drug-likeness (QED) is 0.566. The third-order valence-electron chi connectivity index (χ3n) is 9.60. The fraction of sp³-hybridized carbons (Fsp3) is 0.917. The molecule has 3 fully saturated rings. The van der Waals surface area contributed by atoms with Gasteiger partial charge in [-0.05, 0) is 93.3 Å². The summed E-state index contributed by atoms with van der Waals surface area (Å²) in [7, 11) is 0. The zero-order valence-corrected chi connectivity index (χ0v) is 17.1. The molecule has 4 aliphatic rings. The van der Waals surface area contributed by atoms with Crippen LogP contribution >= 0.6 is 0 Å². The Labute approximate surface area is 155 Å². The van der Waals surface area contributed by atoms with E-state index in [0.717, 1.165) is 42.9 Å². The van der Waals surface area contributed by atoms with E-state index in [2.05, 4.69) is 27.7 Å². The molecule has 142 valence electrons. The van der Waals surface area contributed by atoms with Crippen LogP contribution in [0.1, 0.15) is 98.3 Å². The second-order valence-corrected chi connectivity index (χ2v) is 10.5. The lowest BCUT2D eigenvalue weighted by atomic mass is 9.52. The molecular weight excluding hydrogens is 304 g/mol. The molecule has 0 radical (unpaired) electrons. The summed E-state index contributed by atoms with van der Waals surface area (Å²) in [6.45, 7) is 9.51. The van der Waals surface area contributed by atoms with Crippen LogP contribution in [-0.4, -0.2) is 10.7 Å². The molecule has 3 saturated carbocycles. The van der Waals surface area contributed by atoms with Gasteiger partial charge >= 0.3 is 0 Å². The highest BCUT2D eigenvalue weighted by Gasteiger charge is 2.55. The Bertz CT molecular complexity index is 548. The van der Waals surface area contributed by atoms with Crippen molar-refractivity contribution in [3.8, 4) is 0 Å². The minimum absolute atomic E-state index is 0.421. The molecule has 0 aromatic heterocycles. The molecule has 1 N–H and O–H groups in total. The first-order chi connectivity index (χ1) is 11.9. The van der Waals surface area contributed by atoms with Gasteiger partial charge in [0.2, 0.25) is 0 Å². The smallest absolute Gasteiger partial charge is 0.0710 e. The first-order valence-electron chi connectivity index (χ1n) is 11.3. The fourth-order valence-electron chi connectivity index (χ4n) is 7.74. The fourth-order valence-corrected chi connectivity index (χ4v) is 7.74. The third-order valence-corrected chi connectivity index (χ3v) is 9.60. The van der Waals surface area contributed by atoms with E-state index < -0.39 is 5.60 Å². The topological polar surface area (TPSA) is 20.2 Å². The van der Waals surface area contributed by atoms with Gasteiger partial charge in [0.1, 0.15) is 0 Å². The van der Waals surface area contributed by atoms with Crippen LogP contribution in [0.3, 0.4) is 0 Å². The van der Waals surface area contributed by atoms with Crippen LogP contribution < -0.4 is 0 Å². The summed E-state index contributed by atoms with van der Waals surface area (Å²) in [5.74, 6) is 4.08. The third kappa shape index (κ3) is 2.75. The molecular formula is C24H40O.